The van der Waals surface area contributed by atoms with Crippen molar-refractivity contribution in [2.75, 3.05) is 19.5 Å². The number of ether oxygens (including phenoxy) is 2. The summed E-state index contributed by atoms with van der Waals surface area (Å²) < 4.78 is 16.3. The third-order valence-corrected chi connectivity index (χ3v) is 4.77. The highest BCUT2D eigenvalue weighted by atomic mass is 32.1. The zero-order chi connectivity index (χ0) is 21.8. The van der Waals surface area contributed by atoms with E-state index >= 15 is 0 Å². The Morgan fingerprint density at radius 2 is 1.61 bits per heavy atom. The first kappa shape index (κ1) is 20.4. The van der Waals surface area contributed by atoms with E-state index in [-0.39, 0.29) is 10.7 Å². The molecule has 8 heteroatoms. The van der Waals surface area contributed by atoms with Gasteiger partial charge in [0.1, 0.15) is 22.6 Å². The second kappa shape index (κ2) is 8.85. The van der Waals surface area contributed by atoms with Crippen molar-refractivity contribution in [1.82, 2.24) is 10.3 Å². The van der Waals surface area contributed by atoms with Crippen molar-refractivity contribution >= 4 is 40.0 Å². The zero-order valence-electron chi connectivity index (χ0n) is 16.8. The van der Waals surface area contributed by atoms with Crippen molar-refractivity contribution in [3.8, 4) is 23.0 Å². The molecule has 0 aliphatic heterocycles. The molecule has 0 saturated carbocycles. The smallest absolute Gasteiger partial charge is 0.264 e. The van der Waals surface area contributed by atoms with E-state index in [9.17, 15) is 4.79 Å². The van der Waals surface area contributed by atoms with Crippen LogP contribution in [0.1, 0.15) is 10.4 Å². The Morgan fingerprint density at radius 1 is 0.935 bits per heavy atom. The van der Waals surface area contributed by atoms with E-state index in [1.54, 1.807) is 18.2 Å². The van der Waals surface area contributed by atoms with Gasteiger partial charge in [-0.1, -0.05) is 18.2 Å². The number of aromatic nitrogens is 1. The van der Waals surface area contributed by atoms with Gasteiger partial charge in [0.25, 0.3) is 5.91 Å². The molecule has 0 unspecified atom stereocenters. The summed E-state index contributed by atoms with van der Waals surface area (Å²) in [5.41, 5.74) is 3.33. The van der Waals surface area contributed by atoms with Gasteiger partial charge in [-0.05, 0) is 60.7 Å². The van der Waals surface area contributed by atoms with E-state index in [2.05, 4.69) is 15.6 Å². The van der Waals surface area contributed by atoms with Crippen molar-refractivity contribution in [3.63, 3.8) is 0 Å². The minimum absolute atomic E-state index is 0.146. The van der Waals surface area contributed by atoms with Gasteiger partial charge < -0.3 is 19.2 Å². The van der Waals surface area contributed by atoms with Gasteiger partial charge in [-0.25, -0.2) is 4.98 Å². The number of nitrogens with zero attached hydrogens (tertiary/aromatic N) is 1. The standard InChI is InChI=1S/C23H19N3O4S/c1-28-18-8-5-9-19(29-2)20(18)21(27)26-23(31)24-15-12-10-14(11-13-15)22-25-16-6-3-4-7-17(16)30-22/h3-13H,1-2H3,(H2,24,26,27,31). The molecule has 0 aliphatic carbocycles. The summed E-state index contributed by atoms with van der Waals surface area (Å²) in [5, 5.41) is 5.78. The molecule has 7 nitrogen and oxygen atoms in total. The van der Waals surface area contributed by atoms with Crippen LogP contribution in [0.2, 0.25) is 0 Å². The number of methoxy groups -OCH3 is 2. The number of nitrogens with one attached hydrogen (secondary N) is 2. The van der Waals surface area contributed by atoms with Gasteiger partial charge in [-0.3, -0.25) is 10.1 Å². The summed E-state index contributed by atoms with van der Waals surface area (Å²) >= 11 is 5.29. The van der Waals surface area contributed by atoms with Crippen LogP contribution in [0.25, 0.3) is 22.6 Å². The SMILES string of the molecule is COc1cccc(OC)c1C(=O)NC(=S)Nc1ccc(-c2nc3ccccc3o2)cc1. The largest absolute Gasteiger partial charge is 0.496 e. The van der Waals surface area contributed by atoms with E-state index in [4.69, 9.17) is 26.1 Å². The lowest BCUT2D eigenvalue weighted by atomic mass is 10.1. The number of hydrogen-bond donors (Lipinski definition) is 2. The van der Waals surface area contributed by atoms with Crippen LogP contribution in [0.4, 0.5) is 5.69 Å². The van der Waals surface area contributed by atoms with Crippen LogP contribution in [0, 0.1) is 0 Å². The monoisotopic (exact) mass is 433 g/mol. The summed E-state index contributed by atoms with van der Waals surface area (Å²) in [6.07, 6.45) is 0. The second-order valence-corrected chi connectivity index (χ2v) is 6.92. The quantitative estimate of drug-likeness (QED) is 0.444. The maximum absolute atomic E-state index is 12.7. The Morgan fingerprint density at radius 3 is 2.26 bits per heavy atom. The Hall–Kier alpha value is -3.91. The molecular formula is C23H19N3O4S. The number of rotatable bonds is 5. The number of fused-ring (bicyclic) bond motifs is 1. The van der Waals surface area contributed by atoms with Gasteiger partial charge in [0, 0.05) is 11.3 Å². The number of amides is 1. The van der Waals surface area contributed by atoms with Gasteiger partial charge >= 0.3 is 0 Å². The van der Waals surface area contributed by atoms with E-state index < -0.39 is 5.91 Å². The molecule has 1 aromatic heterocycles. The normalized spacial score (nSPS) is 10.5. The molecule has 0 fully saturated rings. The summed E-state index contributed by atoms with van der Waals surface area (Å²) in [7, 11) is 2.97. The number of carbonyl (C=O) groups excluding carboxylic acids is 1. The molecule has 31 heavy (non-hydrogen) atoms. The molecule has 0 spiro atoms. The minimum Gasteiger partial charge on any atom is -0.496 e. The number of thiocarbonyl (C=S) groups is 1. The second-order valence-electron chi connectivity index (χ2n) is 6.51. The molecule has 156 valence electrons. The van der Waals surface area contributed by atoms with Gasteiger partial charge in [0.2, 0.25) is 5.89 Å². The van der Waals surface area contributed by atoms with Crippen LogP contribution in [-0.4, -0.2) is 30.2 Å². The third kappa shape index (κ3) is 4.34. The molecule has 4 aromatic rings. The average molecular weight is 433 g/mol. The molecule has 0 aliphatic rings. The highest BCUT2D eigenvalue weighted by molar-refractivity contribution is 7.80. The van der Waals surface area contributed by atoms with Gasteiger partial charge in [-0.15, -0.1) is 0 Å². The number of benzene rings is 3. The Balaban J connectivity index is 1.45. The Kier molecular flexibility index (Phi) is 5.81. The van der Waals surface area contributed by atoms with Crippen LogP contribution in [-0.2, 0) is 0 Å². The topological polar surface area (TPSA) is 85.6 Å². The lowest BCUT2D eigenvalue weighted by Crippen LogP contribution is -2.34. The zero-order valence-corrected chi connectivity index (χ0v) is 17.7. The van der Waals surface area contributed by atoms with Gasteiger partial charge in [-0.2, -0.15) is 0 Å². The van der Waals surface area contributed by atoms with Gasteiger partial charge in [0.15, 0.2) is 10.7 Å². The average Bonchev–Trinajstić information content (AvgIpc) is 3.23. The van der Waals surface area contributed by atoms with Crippen LogP contribution < -0.4 is 20.1 Å². The van der Waals surface area contributed by atoms with E-state index in [1.807, 2.05) is 48.5 Å². The molecule has 0 bridgehead atoms. The van der Waals surface area contributed by atoms with Crippen molar-refractivity contribution < 1.29 is 18.7 Å². The molecule has 1 heterocycles. The fraction of sp³-hybridized carbons (Fsp3) is 0.0870. The Labute approximate surface area is 184 Å². The number of hydrogen-bond acceptors (Lipinski definition) is 6. The van der Waals surface area contributed by atoms with Crippen LogP contribution in [0.15, 0.2) is 71.1 Å². The van der Waals surface area contributed by atoms with Crippen LogP contribution in [0.5, 0.6) is 11.5 Å². The van der Waals surface area contributed by atoms with Crippen LogP contribution in [0.3, 0.4) is 0 Å². The number of para-hydroxylation sites is 2. The summed E-state index contributed by atoms with van der Waals surface area (Å²) in [6.45, 7) is 0. The Bertz CT molecular complexity index is 1200. The van der Waals surface area contributed by atoms with E-state index in [1.165, 1.54) is 14.2 Å². The minimum atomic E-state index is -0.435. The first-order chi connectivity index (χ1) is 15.1. The first-order valence-electron chi connectivity index (χ1n) is 9.38. The summed E-state index contributed by atoms with van der Waals surface area (Å²) in [4.78, 5) is 17.2. The molecule has 4 rings (SSSR count). The lowest BCUT2D eigenvalue weighted by molar-refractivity contribution is 0.0971. The molecule has 3 aromatic carbocycles. The van der Waals surface area contributed by atoms with E-state index in [0.717, 1.165) is 16.7 Å². The maximum Gasteiger partial charge on any atom is 0.264 e. The van der Waals surface area contributed by atoms with Crippen molar-refractivity contribution in [2.45, 2.75) is 0 Å². The molecule has 1 amide bonds. The van der Waals surface area contributed by atoms with Crippen molar-refractivity contribution in [3.05, 3.63) is 72.3 Å². The van der Waals surface area contributed by atoms with Crippen molar-refractivity contribution in [2.24, 2.45) is 0 Å². The fourth-order valence-corrected chi connectivity index (χ4v) is 3.31. The van der Waals surface area contributed by atoms with Crippen molar-refractivity contribution in [1.29, 1.82) is 0 Å². The number of anilines is 1. The van der Waals surface area contributed by atoms with E-state index in [0.29, 0.717) is 23.1 Å². The number of carbonyl (C=O) groups is 1. The highest BCUT2D eigenvalue weighted by Crippen LogP contribution is 2.28. The molecule has 0 atom stereocenters. The molecular weight excluding hydrogens is 414 g/mol. The van der Waals surface area contributed by atoms with Gasteiger partial charge in [0.05, 0.1) is 14.2 Å². The lowest BCUT2D eigenvalue weighted by Gasteiger charge is -2.14. The predicted octanol–water partition coefficient (Wildman–Crippen LogP) is 4.64. The molecule has 2 N–H and O–H groups in total. The predicted molar refractivity (Wildman–Crippen MR) is 123 cm³/mol. The summed E-state index contributed by atoms with van der Waals surface area (Å²) in [6, 6.07) is 20.1. The number of oxazole rings is 1. The molecule has 0 saturated heterocycles. The third-order valence-electron chi connectivity index (χ3n) is 4.57. The fourth-order valence-electron chi connectivity index (χ4n) is 3.09. The highest BCUT2D eigenvalue weighted by Gasteiger charge is 2.19. The van der Waals surface area contributed by atoms with Crippen LogP contribution >= 0.6 is 12.2 Å². The maximum atomic E-state index is 12.7. The summed E-state index contributed by atoms with van der Waals surface area (Å²) in [5.74, 6) is 0.881. The molecule has 0 radical (unpaired) electrons. The first-order valence-corrected chi connectivity index (χ1v) is 9.79.